The summed E-state index contributed by atoms with van der Waals surface area (Å²) in [5.41, 5.74) is 5.25. The minimum absolute atomic E-state index is 0.0650. The van der Waals surface area contributed by atoms with Crippen LogP contribution in [0.15, 0.2) is 0 Å². The molecular formula is C12H22N2O2. The first-order valence-electron chi connectivity index (χ1n) is 5.96. The van der Waals surface area contributed by atoms with Gasteiger partial charge in [0.1, 0.15) is 0 Å². The standard InChI is InChI=1S/C12H22N2O2/c1-9(2)7-12(3,8-13)14-10(15)5-4-6-11(14)16/h9H,4-8,13H2,1-3H3. The highest BCUT2D eigenvalue weighted by molar-refractivity contribution is 5.98. The SMILES string of the molecule is CC(C)CC(C)(CN)N1C(=O)CCCC1=O. The Balaban J connectivity index is 2.92. The van der Waals surface area contributed by atoms with Crippen LogP contribution in [0.1, 0.15) is 46.5 Å². The molecule has 4 nitrogen and oxygen atoms in total. The van der Waals surface area contributed by atoms with Crippen molar-refractivity contribution in [1.29, 1.82) is 0 Å². The van der Waals surface area contributed by atoms with E-state index in [9.17, 15) is 9.59 Å². The molecule has 92 valence electrons. The Labute approximate surface area is 97.2 Å². The molecule has 0 aliphatic carbocycles. The summed E-state index contributed by atoms with van der Waals surface area (Å²) in [4.78, 5) is 25.1. The van der Waals surface area contributed by atoms with Crippen molar-refractivity contribution in [3.63, 3.8) is 0 Å². The molecular weight excluding hydrogens is 204 g/mol. The monoisotopic (exact) mass is 226 g/mol. The van der Waals surface area contributed by atoms with Crippen LogP contribution >= 0.6 is 0 Å². The normalized spacial score (nSPS) is 21.4. The van der Waals surface area contributed by atoms with Gasteiger partial charge in [0, 0.05) is 19.4 Å². The Kier molecular flexibility index (Phi) is 4.08. The van der Waals surface area contributed by atoms with Crippen LogP contribution in [-0.4, -0.2) is 28.8 Å². The average Bonchev–Trinajstić information content (AvgIpc) is 2.16. The van der Waals surface area contributed by atoms with Gasteiger partial charge in [-0.2, -0.15) is 0 Å². The second-order valence-electron chi connectivity index (χ2n) is 5.28. The zero-order chi connectivity index (χ0) is 12.3. The van der Waals surface area contributed by atoms with Crippen molar-refractivity contribution >= 4 is 11.8 Å². The number of carbonyl (C=O) groups is 2. The summed E-state index contributed by atoms with van der Waals surface area (Å²) in [5.74, 6) is 0.283. The first kappa shape index (κ1) is 13.2. The van der Waals surface area contributed by atoms with E-state index in [0.717, 1.165) is 6.42 Å². The highest BCUT2D eigenvalue weighted by Gasteiger charge is 2.40. The average molecular weight is 226 g/mol. The summed E-state index contributed by atoms with van der Waals surface area (Å²) in [6.07, 6.45) is 2.39. The Bertz CT molecular complexity index is 273. The molecule has 0 radical (unpaired) electrons. The predicted octanol–water partition coefficient (Wildman–Crippen LogP) is 1.29. The fourth-order valence-corrected chi connectivity index (χ4v) is 2.50. The van der Waals surface area contributed by atoms with E-state index >= 15 is 0 Å². The number of hydrogen-bond donors (Lipinski definition) is 1. The third-order valence-corrected chi connectivity index (χ3v) is 3.11. The summed E-state index contributed by atoms with van der Waals surface area (Å²) >= 11 is 0. The molecule has 0 saturated carbocycles. The van der Waals surface area contributed by atoms with Crippen LogP contribution in [0.4, 0.5) is 0 Å². The van der Waals surface area contributed by atoms with Gasteiger partial charge in [0.05, 0.1) is 5.54 Å². The highest BCUT2D eigenvalue weighted by atomic mass is 16.2. The molecule has 2 N–H and O–H groups in total. The van der Waals surface area contributed by atoms with E-state index in [2.05, 4.69) is 13.8 Å². The lowest BCUT2D eigenvalue weighted by atomic mass is 9.87. The quantitative estimate of drug-likeness (QED) is 0.735. The number of hydrogen-bond acceptors (Lipinski definition) is 3. The van der Waals surface area contributed by atoms with Crippen LogP contribution in [-0.2, 0) is 9.59 Å². The molecule has 0 aromatic rings. The lowest BCUT2D eigenvalue weighted by Crippen LogP contribution is -2.58. The fourth-order valence-electron chi connectivity index (χ4n) is 2.50. The molecule has 16 heavy (non-hydrogen) atoms. The van der Waals surface area contributed by atoms with Crippen LogP contribution in [0.2, 0.25) is 0 Å². The second kappa shape index (κ2) is 4.95. The second-order valence-corrected chi connectivity index (χ2v) is 5.28. The molecule has 1 fully saturated rings. The van der Waals surface area contributed by atoms with E-state index in [1.54, 1.807) is 0 Å². The maximum Gasteiger partial charge on any atom is 0.229 e. The molecule has 4 heteroatoms. The lowest BCUT2D eigenvalue weighted by Gasteiger charge is -2.42. The molecule has 1 saturated heterocycles. The Morgan fingerprint density at radius 1 is 1.31 bits per heavy atom. The molecule has 0 aromatic carbocycles. The van der Waals surface area contributed by atoms with Gasteiger partial charge in [-0.05, 0) is 25.7 Å². The van der Waals surface area contributed by atoms with E-state index in [1.807, 2.05) is 6.92 Å². The van der Waals surface area contributed by atoms with Crippen LogP contribution in [0.3, 0.4) is 0 Å². The van der Waals surface area contributed by atoms with Gasteiger partial charge in [-0.25, -0.2) is 0 Å². The number of nitrogens with zero attached hydrogens (tertiary/aromatic N) is 1. The third kappa shape index (κ3) is 2.61. The van der Waals surface area contributed by atoms with Crippen molar-refractivity contribution in [1.82, 2.24) is 4.90 Å². The molecule has 1 atom stereocenters. The first-order valence-corrected chi connectivity index (χ1v) is 5.96. The lowest BCUT2D eigenvalue weighted by molar-refractivity contribution is -0.155. The van der Waals surface area contributed by atoms with Crippen molar-refractivity contribution in [3.8, 4) is 0 Å². The molecule has 1 heterocycles. The summed E-state index contributed by atoms with van der Waals surface area (Å²) < 4.78 is 0. The number of imide groups is 1. The summed E-state index contributed by atoms with van der Waals surface area (Å²) in [6.45, 7) is 6.40. The summed E-state index contributed by atoms with van der Waals surface area (Å²) in [7, 11) is 0. The number of carbonyl (C=O) groups excluding carboxylic acids is 2. The Morgan fingerprint density at radius 3 is 2.19 bits per heavy atom. The number of amides is 2. The molecule has 2 amide bonds. The van der Waals surface area contributed by atoms with E-state index in [-0.39, 0.29) is 11.8 Å². The predicted molar refractivity (Wildman–Crippen MR) is 62.6 cm³/mol. The van der Waals surface area contributed by atoms with Gasteiger partial charge in [-0.15, -0.1) is 0 Å². The van der Waals surface area contributed by atoms with Crippen molar-refractivity contribution in [2.45, 2.75) is 52.0 Å². The van der Waals surface area contributed by atoms with E-state index in [4.69, 9.17) is 5.73 Å². The molecule has 0 spiro atoms. The van der Waals surface area contributed by atoms with Gasteiger partial charge in [0.25, 0.3) is 0 Å². The Hall–Kier alpha value is -0.900. The van der Waals surface area contributed by atoms with Gasteiger partial charge in [0.15, 0.2) is 0 Å². The molecule has 1 rings (SSSR count). The van der Waals surface area contributed by atoms with Crippen molar-refractivity contribution in [2.24, 2.45) is 11.7 Å². The number of likely N-dealkylation sites (tertiary alicyclic amines) is 1. The molecule has 0 bridgehead atoms. The van der Waals surface area contributed by atoms with Crippen molar-refractivity contribution in [3.05, 3.63) is 0 Å². The topological polar surface area (TPSA) is 63.4 Å². The molecule has 1 unspecified atom stereocenters. The number of rotatable bonds is 4. The Morgan fingerprint density at radius 2 is 1.81 bits per heavy atom. The number of piperidine rings is 1. The van der Waals surface area contributed by atoms with Gasteiger partial charge < -0.3 is 5.73 Å². The largest absolute Gasteiger partial charge is 0.328 e. The minimum atomic E-state index is -0.511. The maximum absolute atomic E-state index is 11.8. The van der Waals surface area contributed by atoms with Gasteiger partial charge >= 0.3 is 0 Å². The van der Waals surface area contributed by atoms with Crippen LogP contribution < -0.4 is 5.73 Å². The van der Waals surface area contributed by atoms with Crippen molar-refractivity contribution < 1.29 is 9.59 Å². The molecule has 1 aliphatic heterocycles. The third-order valence-electron chi connectivity index (χ3n) is 3.11. The van der Waals surface area contributed by atoms with Crippen LogP contribution in [0.25, 0.3) is 0 Å². The number of nitrogens with two attached hydrogens (primary N) is 1. The van der Waals surface area contributed by atoms with Crippen LogP contribution in [0.5, 0.6) is 0 Å². The smallest absolute Gasteiger partial charge is 0.229 e. The maximum atomic E-state index is 11.8. The first-order chi connectivity index (χ1) is 7.40. The van der Waals surface area contributed by atoms with E-state index in [1.165, 1.54) is 4.90 Å². The minimum Gasteiger partial charge on any atom is -0.328 e. The molecule has 0 aromatic heterocycles. The van der Waals surface area contributed by atoms with Crippen molar-refractivity contribution in [2.75, 3.05) is 6.54 Å². The van der Waals surface area contributed by atoms with Gasteiger partial charge in [-0.1, -0.05) is 13.8 Å². The zero-order valence-corrected chi connectivity index (χ0v) is 10.5. The van der Waals surface area contributed by atoms with E-state index in [0.29, 0.717) is 31.7 Å². The van der Waals surface area contributed by atoms with Crippen LogP contribution in [0, 0.1) is 5.92 Å². The van der Waals surface area contributed by atoms with Gasteiger partial charge in [-0.3, -0.25) is 14.5 Å². The fraction of sp³-hybridized carbons (Fsp3) is 0.833. The molecule has 1 aliphatic rings. The van der Waals surface area contributed by atoms with E-state index < -0.39 is 5.54 Å². The highest BCUT2D eigenvalue weighted by Crippen LogP contribution is 2.28. The van der Waals surface area contributed by atoms with Gasteiger partial charge in [0.2, 0.25) is 11.8 Å². The summed E-state index contributed by atoms with van der Waals surface area (Å²) in [5, 5.41) is 0. The zero-order valence-electron chi connectivity index (χ0n) is 10.5. The summed E-state index contributed by atoms with van der Waals surface area (Å²) in [6, 6.07) is 0.